The van der Waals surface area contributed by atoms with Crippen LogP contribution in [0.3, 0.4) is 0 Å². The summed E-state index contributed by atoms with van der Waals surface area (Å²) in [5.74, 6) is 2.84. The van der Waals surface area contributed by atoms with Crippen molar-refractivity contribution in [1.82, 2.24) is 9.97 Å². The highest BCUT2D eigenvalue weighted by Crippen LogP contribution is 2.07. The van der Waals surface area contributed by atoms with Crippen LogP contribution in [0.15, 0.2) is 12.4 Å². The number of hydrogen-bond acceptors (Lipinski definition) is 3. The Bertz CT molecular complexity index is 290. The van der Waals surface area contributed by atoms with Crippen LogP contribution >= 0.6 is 41.7 Å². The van der Waals surface area contributed by atoms with E-state index in [0.29, 0.717) is 0 Å². The molecule has 0 fully saturated rings. The number of nitrogens with zero attached hydrogens (tertiary/aromatic N) is 2. The summed E-state index contributed by atoms with van der Waals surface area (Å²) in [5.41, 5.74) is 0.776. The molecule has 0 aliphatic rings. The van der Waals surface area contributed by atoms with Gasteiger partial charge in [0.2, 0.25) is 5.28 Å². The molecule has 0 aliphatic heterocycles. The number of aromatic nitrogens is 2. The van der Waals surface area contributed by atoms with Gasteiger partial charge in [0.1, 0.15) is 0 Å². The van der Waals surface area contributed by atoms with E-state index in [0.717, 1.165) is 5.56 Å². The smallest absolute Gasteiger partial charge is 0.222 e. The molecule has 0 aliphatic carbocycles. The fraction of sp³-hybridized carbons (Fsp3) is 0. The molecule has 0 spiro atoms. The summed E-state index contributed by atoms with van der Waals surface area (Å²) in [4.78, 5) is 7.54. The van der Waals surface area contributed by atoms with Gasteiger partial charge < -0.3 is 0 Å². The van der Waals surface area contributed by atoms with Crippen LogP contribution in [0, 0.1) is 11.2 Å². The van der Waals surface area contributed by atoms with Crippen LogP contribution in [0.4, 0.5) is 0 Å². The summed E-state index contributed by atoms with van der Waals surface area (Å²) in [6, 6.07) is 0. The number of hydrogen-bond donors (Lipinski definition) is 0. The average molecular weight is 297 g/mol. The van der Waals surface area contributed by atoms with Gasteiger partial charge in [0, 0.05) is 33.6 Å². The van der Waals surface area contributed by atoms with Crippen LogP contribution in [0.2, 0.25) is 5.28 Å². The zero-order valence-corrected chi connectivity index (χ0v) is 8.94. The molecule has 1 rings (SSSR count). The first-order valence-corrected chi connectivity index (χ1v) is 6.33. The lowest BCUT2D eigenvalue weighted by atomic mass is 10.4. The van der Waals surface area contributed by atoms with E-state index < -0.39 is 0 Å². The molecule has 0 radical (unpaired) electrons. The molecule has 5 heteroatoms. The molecule has 0 saturated carbocycles. The number of rotatable bonds is 0. The van der Waals surface area contributed by atoms with Crippen LogP contribution in [-0.2, 0) is 0 Å². The predicted octanol–water partition coefficient (Wildman–Crippen LogP) is 2.52. The molecule has 0 atom stereocenters. The molecule has 2 nitrogen and oxygen atoms in total. The second kappa shape index (κ2) is 4.80. The minimum atomic E-state index is 0.248. The van der Waals surface area contributed by atoms with Gasteiger partial charge in [0.15, 0.2) is 0 Å². The summed E-state index contributed by atoms with van der Waals surface area (Å²) in [6.45, 7) is 0. The van der Waals surface area contributed by atoms with Crippen LogP contribution in [0.25, 0.3) is 0 Å². The van der Waals surface area contributed by atoms with Crippen molar-refractivity contribution in [2.24, 2.45) is 0 Å². The van der Waals surface area contributed by atoms with E-state index in [-0.39, 0.29) is 5.28 Å². The normalized spacial score (nSPS) is 8.55. The van der Waals surface area contributed by atoms with Crippen molar-refractivity contribution in [3.63, 3.8) is 0 Å². The Morgan fingerprint density at radius 1 is 1.45 bits per heavy atom. The van der Waals surface area contributed by atoms with Crippen molar-refractivity contribution in [3.8, 4) is 11.2 Å². The summed E-state index contributed by atoms with van der Waals surface area (Å²) in [6.07, 6.45) is 3.18. The molecule has 0 unspecified atom stereocenters. The third-order valence-electron chi connectivity index (χ3n) is 0.854. The van der Waals surface area contributed by atoms with Gasteiger partial charge in [0.25, 0.3) is 0 Å². The monoisotopic (exact) mass is 296 g/mol. The molecule has 0 N–H and O–H groups in total. The summed E-state index contributed by atoms with van der Waals surface area (Å²) >= 11 is 7.57. The topological polar surface area (TPSA) is 25.8 Å². The van der Waals surface area contributed by atoms with Crippen molar-refractivity contribution >= 4 is 41.7 Å². The van der Waals surface area contributed by atoms with E-state index in [4.69, 9.17) is 11.6 Å². The highest BCUT2D eigenvalue weighted by Gasteiger charge is 1.88. The van der Waals surface area contributed by atoms with E-state index in [1.165, 1.54) is 8.93 Å². The Morgan fingerprint density at radius 2 is 2.09 bits per heavy atom. The lowest BCUT2D eigenvalue weighted by molar-refractivity contribution is 1.16. The van der Waals surface area contributed by atoms with Crippen molar-refractivity contribution in [2.75, 3.05) is 0 Å². The van der Waals surface area contributed by atoms with Crippen molar-refractivity contribution in [3.05, 3.63) is 23.2 Å². The van der Waals surface area contributed by atoms with E-state index >= 15 is 0 Å². The highest BCUT2D eigenvalue weighted by atomic mass is 127. The zero-order valence-electron chi connectivity index (χ0n) is 5.21. The number of halogens is 2. The Kier molecular flexibility index (Phi) is 3.97. The molecular formula is C6H2ClIN2S. The minimum Gasteiger partial charge on any atom is -0.225 e. The zero-order chi connectivity index (χ0) is 8.10. The third kappa shape index (κ3) is 3.27. The molecule has 1 heterocycles. The maximum atomic E-state index is 5.47. The standard InChI is InChI=1S/C6H2ClIN2S/c7-6-9-3-5(4-10-6)1-2-11-8/h3-4H. The Hall–Kier alpha value is 0.01000. The maximum absolute atomic E-state index is 5.47. The molecule has 0 saturated heterocycles. The molecule has 0 amide bonds. The van der Waals surface area contributed by atoms with Gasteiger partial charge >= 0.3 is 0 Å². The fourth-order valence-corrected chi connectivity index (χ4v) is 1.04. The van der Waals surface area contributed by atoms with Crippen LogP contribution in [-0.4, -0.2) is 9.97 Å². The molecule has 11 heavy (non-hydrogen) atoms. The van der Waals surface area contributed by atoms with Gasteiger partial charge in [-0.2, -0.15) is 0 Å². The molecule has 1 aromatic rings. The Labute approximate surface area is 85.7 Å². The molecule has 1 aromatic heterocycles. The summed E-state index contributed by atoms with van der Waals surface area (Å²) in [7, 11) is 1.42. The van der Waals surface area contributed by atoms with Crippen molar-refractivity contribution in [2.45, 2.75) is 0 Å². The van der Waals surface area contributed by atoms with Gasteiger partial charge in [-0.3, -0.25) is 0 Å². The molecule has 0 bridgehead atoms. The summed E-state index contributed by atoms with van der Waals surface area (Å²) < 4.78 is 0. The van der Waals surface area contributed by atoms with Gasteiger partial charge in [0.05, 0.1) is 5.56 Å². The van der Waals surface area contributed by atoms with Crippen LogP contribution in [0.1, 0.15) is 5.56 Å². The van der Waals surface area contributed by atoms with Crippen molar-refractivity contribution < 1.29 is 0 Å². The lowest BCUT2D eigenvalue weighted by Crippen LogP contribution is -1.82. The van der Waals surface area contributed by atoms with E-state index in [1.807, 2.05) is 0 Å². The average Bonchev–Trinajstić information content (AvgIpc) is 2.04. The Balaban J connectivity index is 2.82. The second-order valence-corrected chi connectivity index (χ2v) is 3.56. The molecular weight excluding hydrogens is 295 g/mol. The van der Waals surface area contributed by atoms with Gasteiger partial charge in [-0.25, -0.2) is 9.97 Å². The minimum absolute atomic E-state index is 0.248. The van der Waals surface area contributed by atoms with Crippen molar-refractivity contribution in [1.29, 1.82) is 0 Å². The first kappa shape index (κ1) is 9.10. The fourth-order valence-electron chi connectivity index (χ4n) is 0.455. The quantitative estimate of drug-likeness (QED) is 0.418. The van der Waals surface area contributed by atoms with E-state index in [9.17, 15) is 0 Å². The summed E-state index contributed by atoms with van der Waals surface area (Å²) in [5, 5.41) is 3.06. The van der Waals surface area contributed by atoms with Gasteiger partial charge in [-0.15, -0.1) is 0 Å². The third-order valence-corrected chi connectivity index (χ3v) is 1.89. The van der Waals surface area contributed by atoms with Crippen LogP contribution in [0.5, 0.6) is 0 Å². The lowest BCUT2D eigenvalue weighted by Gasteiger charge is -1.86. The largest absolute Gasteiger partial charge is 0.225 e. The molecule has 0 aromatic carbocycles. The van der Waals surface area contributed by atoms with Gasteiger partial charge in [-0.1, -0.05) is 5.92 Å². The Morgan fingerprint density at radius 3 is 2.64 bits per heavy atom. The molecule has 56 valence electrons. The van der Waals surface area contributed by atoms with Crippen LogP contribution < -0.4 is 0 Å². The maximum Gasteiger partial charge on any atom is 0.222 e. The van der Waals surface area contributed by atoms with Gasteiger partial charge in [-0.05, 0) is 25.8 Å². The first-order valence-electron chi connectivity index (χ1n) is 2.59. The second-order valence-electron chi connectivity index (χ2n) is 1.54. The van der Waals surface area contributed by atoms with E-state index in [1.54, 1.807) is 12.4 Å². The van der Waals surface area contributed by atoms with E-state index in [2.05, 4.69) is 42.3 Å². The highest BCUT2D eigenvalue weighted by molar-refractivity contribution is 14.2. The predicted molar refractivity (Wildman–Crippen MR) is 55.5 cm³/mol. The SMILES string of the molecule is Clc1ncc(C#CSI)cn1. The first-order chi connectivity index (χ1) is 5.33.